The highest BCUT2D eigenvalue weighted by molar-refractivity contribution is 6.31. The molecule has 14 heavy (non-hydrogen) atoms. The van der Waals surface area contributed by atoms with E-state index in [0.29, 0.717) is 0 Å². The lowest BCUT2D eigenvalue weighted by atomic mass is 10.6. The molecular formula is C6H10N2O6. The first-order chi connectivity index (χ1) is 6.32. The average molecular weight is 206 g/mol. The monoisotopic (exact) mass is 206 g/mol. The van der Waals surface area contributed by atoms with Crippen LogP contribution in [0, 0.1) is 0 Å². The Labute approximate surface area is 78.8 Å². The van der Waals surface area contributed by atoms with Crippen molar-refractivity contribution in [3.8, 4) is 0 Å². The summed E-state index contributed by atoms with van der Waals surface area (Å²) in [4.78, 5) is 38.4. The minimum absolute atomic E-state index is 0.182. The van der Waals surface area contributed by atoms with E-state index in [2.05, 4.69) is 16.2 Å². The van der Waals surface area contributed by atoms with Gasteiger partial charge in [-0.1, -0.05) is 0 Å². The number of rotatable bonds is 1. The lowest BCUT2D eigenvalue weighted by Gasteiger charge is -1.92. The van der Waals surface area contributed by atoms with Crippen LogP contribution < -0.4 is 11.5 Å². The average Bonchev–Trinajstić information content (AvgIpc) is 2.05. The molecule has 0 radical (unpaired) electrons. The fourth-order valence-electron chi connectivity index (χ4n) is 0.202. The van der Waals surface area contributed by atoms with E-state index in [1.165, 1.54) is 0 Å². The van der Waals surface area contributed by atoms with Gasteiger partial charge >= 0.3 is 23.8 Å². The summed E-state index contributed by atoms with van der Waals surface area (Å²) in [7, 11) is 0. The smallest absolute Gasteiger partial charge is 0.396 e. The number of carboxylic acid groups (broad SMARTS) is 1. The highest BCUT2D eigenvalue weighted by Gasteiger charge is 2.06. The van der Waals surface area contributed by atoms with Gasteiger partial charge in [0.25, 0.3) is 0 Å². The lowest BCUT2D eigenvalue weighted by Crippen LogP contribution is -2.25. The first-order valence-electron chi connectivity index (χ1n) is 3.32. The van der Waals surface area contributed by atoms with Crippen LogP contribution in [-0.2, 0) is 23.9 Å². The maximum Gasteiger partial charge on any atom is 0.396 e. The third-order valence-corrected chi connectivity index (χ3v) is 0.687. The Morgan fingerprint density at radius 2 is 1.50 bits per heavy atom. The molecule has 0 unspecified atom stereocenters. The van der Waals surface area contributed by atoms with E-state index in [-0.39, 0.29) is 6.61 Å². The summed E-state index contributed by atoms with van der Waals surface area (Å²) >= 11 is 0. The van der Waals surface area contributed by atoms with Crippen LogP contribution >= 0.6 is 0 Å². The molecule has 0 bridgehead atoms. The van der Waals surface area contributed by atoms with Crippen molar-refractivity contribution < 1.29 is 29.0 Å². The number of nitrogens with two attached hydrogens (primary N) is 2. The molecule has 0 saturated carbocycles. The van der Waals surface area contributed by atoms with Gasteiger partial charge in [-0.3, -0.25) is 9.59 Å². The molecule has 0 aromatic heterocycles. The van der Waals surface area contributed by atoms with Crippen LogP contribution in [0.25, 0.3) is 0 Å². The number of aliphatic carboxylic acids is 1. The Hall–Kier alpha value is -2.12. The molecule has 0 aliphatic rings. The first-order valence-corrected chi connectivity index (χ1v) is 3.32. The van der Waals surface area contributed by atoms with Gasteiger partial charge in [0.15, 0.2) is 0 Å². The van der Waals surface area contributed by atoms with Crippen LogP contribution in [0.4, 0.5) is 0 Å². The second-order valence-corrected chi connectivity index (χ2v) is 1.75. The van der Waals surface area contributed by atoms with E-state index in [9.17, 15) is 19.2 Å². The molecular weight excluding hydrogens is 196 g/mol. The highest BCUT2D eigenvalue weighted by atomic mass is 16.5. The second-order valence-electron chi connectivity index (χ2n) is 1.75. The van der Waals surface area contributed by atoms with Gasteiger partial charge in [-0.2, -0.15) is 0 Å². The molecule has 0 rings (SSSR count). The van der Waals surface area contributed by atoms with Crippen LogP contribution in [0.2, 0.25) is 0 Å². The van der Waals surface area contributed by atoms with Gasteiger partial charge in [-0.25, -0.2) is 9.59 Å². The van der Waals surface area contributed by atoms with E-state index in [4.69, 9.17) is 5.11 Å². The van der Waals surface area contributed by atoms with Crippen molar-refractivity contribution in [2.75, 3.05) is 6.61 Å². The molecule has 2 amide bonds. The third-order valence-electron chi connectivity index (χ3n) is 0.687. The molecule has 0 saturated heterocycles. The first kappa shape index (κ1) is 14.4. The number of amides is 2. The van der Waals surface area contributed by atoms with Gasteiger partial charge in [0.2, 0.25) is 0 Å². The largest absolute Gasteiger partial charge is 0.474 e. The predicted octanol–water partition coefficient (Wildman–Crippen LogP) is -2.41. The summed E-state index contributed by atoms with van der Waals surface area (Å²) in [5.74, 6) is -4.95. The summed E-state index contributed by atoms with van der Waals surface area (Å²) < 4.78 is 4.19. The standard InChI is InChI=1S/C4H7NO3.C2H3NO3/c1-2-8-4(7)3(5)6;3-1(4)2(5)6/h2H2,1H3,(H2,5,6);(H2,3,4)(H,5,6). The quantitative estimate of drug-likeness (QED) is 0.321. The topological polar surface area (TPSA) is 150 Å². The normalized spacial score (nSPS) is 7.79. The summed E-state index contributed by atoms with van der Waals surface area (Å²) in [5.41, 5.74) is 8.71. The van der Waals surface area contributed by atoms with Crippen LogP contribution in [0.5, 0.6) is 0 Å². The fraction of sp³-hybridized carbons (Fsp3) is 0.333. The molecule has 0 atom stereocenters. The predicted molar refractivity (Wildman–Crippen MR) is 42.7 cm³/mol. The fourth-order valence-corrected chi connectivity index (χ4v) is 0.202. The zero-order chi connectivity index (χ0) is 11.7. The number of hydrogen-bond acceptors (Lipinski definition) is 5. The van der Waals surface area contributed by atoms with Gasteiger partial charge in [-0.05, 0) is 6.92 Å². The number of carbonyl (C=O) groups is 4. The lowest BCUT2D eigenvalue weighted by molar-refractivity contribution is -0.153. The molecule has 8 nitrogen and oxygen atoms in total. The summed E-state index contributed by atoms with van der Waals surface area (Å²) in [6.07, 6.45) is 0. The minimum Gasteiger partial charge on any atom is -0.474 e. The number of carboxylic acids is 1. The zero-order valence-corrected chi connectivity index (χ0v) is 7.35. The Kier molecular flexibility index (Phi) is 7.74. The highest BCUT2D eigenvalue weighted by Crippen LogP contribution is 1.72. The molecule has 0 fully saturated rings. The van der Waals surface area contributed by atoms with E-state index in [1.807, 2.05) is 0 Å². The van der Waals surface area contributed by atoms with E-state index in [0.717, 1.165) is 0 Å². The number of carbonyl (C=O) groups excluding carboxylic acids is 3. The Bertz CT molecular complexity index is 237. The molecule has 0 aliphatic heterocycles. The summed E-state index contributed by atoms with van der Waals surface area (Å²) in [6, 6.07) is 0. The van der Waals surface area contributed by atoms with Crippen molar-refractivity contribution in [1.29, 1.82) is 0 Å². The summed E-state index contributed by atoms with van der Waals surface area (Å²) in [5, 5.41) is 7.52. The molecule has 0 heterocycles. The van der Waals surface area contributed by atoms with Crippen LogP contribution in [0.15, 0.2) is 0 Å². The Morgan fingerprint density at radius 1 is 1.14 bits per heavy atom. The van der Waals surface area contributed by atoms with E-state index < -0.39 is 23.8 Å². The number of primary amides is 2. The molecule has 0 aromatic rings. The molecule has 5 N–H and O–H groups in total. The second kappa shape index (κ2) is 7.53. The van der Waals surface area contributed by atoms with Gasteiger partial charge in [0.05, 0.1) is 6.61 Å². The molecule has 0 aliphatic carbocycles. The molecule has 0 aromatic carbocycles. The van der Waals surface area contributed by atoms with Gasteiger partial charge in [0, 0.05) is 0 Å². The number of esters is 1. The van der Waals surface area contributed by atoms with E-state index in [1.54, 1.807) is 6.92 Å². The molecule has 0 spiro atoms. The van der Waals surface area contributed by atoms with Crippen molar-refractivity contribution in [2.24, 2.45) is 11.5 Å². The van der Waals surface area contributed by atoms with Crippen molar-refractivity contribution in [1.82, 2.24) is 0 Å². The number of hydrogen-bond donors (Lipinski definition) is 3. The minimum atomic E-state index is -1.60. The van der Waals surface area contributed by atoms with Crippen molar-refractivity contribution in [3.05, 3.63) is 0 Å². The van der Waals surface area contributed by atoms with Crippen molar-refractivity contribution in [2.45, 2.75) is 6.92 Å². The van der Waals surface area contributed by atoms with Crippen molar-refractivity contribution in [3.63, 3.8) is 0 Å². The van der Waals surface area contributed by atoms with E-state index >= 15 is 0 Å². The Balaban J connectivity index is 0. The Morgan fingerprint density at radius 3 is 1.57 bits per heavy atom. The maximum absolute atomic E-state index is 10.0. The molecule has 80 valence electrons. The van der Waals surface area contributed by atoms with Crippen LogP contribution in [0.3, 0.4) is 0 Å². The maximum atomic E-state index is 10.0. The molecule has 8 heteroatoms. The van der Waals surface area contributed by atoms with Crippen LogP contribution in [0.1, 0.15) is 6.92 Å². The van der Waals surface area contributed by atoms with Gasteiger partial charge < -0.3 is 21.3 Å². The summed E-state index contributed by atoms with van der Waals surface area (Å²) in [6.45, 7) is 1.78. The van der Waals surface area contributed by atoms with Gasteiger partial charge in [-0.15, -0.1) is 0 Å². The number of ether oxygens (including phenoxy) is 1. The van der Waals surface area contributed by atoms with Crippen molar-refractivity contribution >= 4 is 23.8 Å². The third kappa shape index (κ3) is 9.88. The zero-order valence-electron chi connectivity index (χ0n) is 7.35. The van der Waals surface area contributed by atoms with Crippen LogP contribution in [-0.4, -0.2) is 35.5 Å². The van der Waals surface area contributed by atoms with Gasteiger partial charge in [0.1, 0.15) is 0 Å². The SMILES string of the molecule is CCOC(=O)C(N)=O.NC(=O)C(=O)O.